The summed E-state index contributed by atoms with van der Waals surface area (Å²) in [6.07, 6.45) is 0. The van der Waals surface area contributed by atoms with Crippen LogP contribution in [0.2, 0.25) is 5.02 Å². The van der Waals surface area contributed by atoms with Crippen LogP contribution in [0.1, 0.15) is 16.7 Å². The van der Waals surface area contributed by atoms with Crippen molar-refractivity contribution in [2.24, 2.45) is 0 Å². The SMILES string of the molecule is CNCc1ccc(Cl)cc1Oc1cc(C)c(Br)c(C)c1. The molecule has 1 N–H and O–H groups in total. The molecule has 0 radical (unpaired) electrons. The van der Waals surface area contributed by atoms with Gasteiger partial charge in [0, 0.05) is 21.6 Å². The zero-order chi connectivity index (χ0) is 14.7. The van der Waals surface area contributed by atoms with Crippen LogP contribution in [-0.2, 0) is 6.54 Å². The number of halogens is 2. The third kappa shape index (κ3) is 3.54. The Morgan fingerprint density at radius 1 is 1.15 bits per heavy atom. The summed E-state index contributed by atoms with van der Waals surface area (Å²) in [5.41, 5.74) is 3.38. The molecule has 0 aliphatic heterocycles. The predicted octanol–water partition coefficient (Wildman–Crippen LogP) is 5.23. The third-order valence-electron chi connectivity index (χ3n) is 3.03. The van der Waals surface area contributed by atoms with Gasteiger partial charge in [-0.2, -0.15) is 0 Å². The molecule has 0 spiro atoms. The maximum absolute atomic E-state index is 6.06. The highest BCUT2D eigenvalue weighted by Crippen LogP contribution is 2.32. The van der Waals surface area contributed by atoms with Gasteiger partial charge in [-0.3, -0.25) is 0 Å². The topological polar surface area (TPSA) is 21.3 Å². The number of rotatable bonds is 4. The minimum absolute atomic E-state index is 0.672. The second-order valence-electron chi connectivity index (χ2n) is 4.76. The standard InChI is InChI=1S/C16H17BrClNO/c1-10-6-14(7-11(2)16(10)17)20-15-8-13(18)5-4-12(15)9-19-3/h4-8,19H,9H2,1-3H3. The van der Waals surface area contributed by atoms with Crippen molar-refractivity contribution in [2.75, 3.05) is 7.05 Å². The molecular weight excluding hydrogens is 338 g/mol. The lowest BCUT2D eigenvalue weighted by Gasteiger charge is -2.13. The van der Waals surface area contributed by atoms with E-state index in [0.29, 0.717) is 5.02 Å². The zero-order valence-electron chi connectivity index (χ0n) is 11.8. The maximum Gasteiger partial charge on any atom is 0.133 e. The number of nitrogens with one attached hydrogen (secondary N) is 1. The maximum atomic E-state index is 6.06. The van der Waals surface area contributed by atoms with E-state index < -0.39 is 0 Å². The van der Waals surface area contributed by atoms with Crippen LogP contribution in [0.3, 0.4) is 0 Å². The van der Waals surface area contributed by atoms with Crippen molar-refractivity contribution in [2.45, 2.75) is 20.4 Å². The molecule has 0 unspecified atom stereocenters. The van der Waals surface area contributed by atoms with E-state index in [-0.39, 0.29) is 0 Å². The van der Waals surface area contributed by atoms with E-state index in [1.54, 1.807) is 0 Å². The van der Waals surface area contributed by atoms with Crippen LogP contribution in [0.4, 0.5) is 0 Å². The second-order valence-corrected chi connectivity index (χ2v) is 5.98. The van der Waals surface area contributed by atoms with E-state index in [2.05, 4.69) is 35.1 Å². The summed E-state index contributed by atoms with van der Waals surface area (Å²) in [4.78, 5) is 0. The number of benzene rings is 2. The Kier molecular flexibility index (Phi) is 5.08. The summed E-state index contributed by atoms with van der Waals surface area (Å²) < 4.78 is 7.13. The van der Waals surface area contributed by atoms with Gasteiger partial charge in [-0.1, -0.05) is 33.6 Å². The summed E-state index contributed by atoms with van der Waals surface area (Å²) in [5.74, 6) is 1.61. The van der Waals surface area contributed by atoms with Gasteiger partial charge in [0.1, 0.15) is 11.5 Å². The highest BCUT2D eigenvalue weighted by atomic mass is 79.9. The average Bonchev–Trinajstić information content (AvgIpc) is 2.39. The molecule has 2 aromatic carbocycles. The minimum atomic E-state index is 0.672. The van der Waals surface area contributed by atoms with Crippen molar-refractivity contribution in [3.05, 3.63) is 56.5 Å². The Bertz CT molecular complexity index is 605. The molecule has 20 heavy (non-hydrogen) atoms. The molecule has 106 valence electrons. The molecule has 4 heteroatoms. The fourth-order valence-electron chi connectivity index (χ4n) is 2.05. The smallest absolute Gasteiger partial charge is 0.133 e. The molecule has 2 rings (SSSR count). The van der Waals surface area contributed by atoms with E-state index in [9.17, 15) is 0 Å². The summed E-state index contributed by atoms with van der Waals surface area (Å²) in [5, 5.41) is 3.80. The summed E-state index contributed by atoms with van der Waals surface area (Å²) in [6.45, 7) is 4.84. The first kappa shape index (κ1) is 15.4. The van der Waals surface area contributed by atoms with Crippen molar-refractivity contribution >= 4 is 27.5 Å². The van der Waals surface area contributed by atoms with Gasteiger partial charge < -0.3 is 10.1 Å². The van der Waals surface area contributed by atoms with Crippen LogP contribution in [0.15, 0.2) is 34.8 Å². The molecule has 0 saturated carbocycles. The van der Waals surface area contributed by atoms with E-state index in [1.807, 2.05) is 37.4 Å². The van der Waals surface area contributed by atoms with Gasteiger partial charge in [0.15, 0.2) is 0 Å². The van der Waals surface area contributed by atoms with Crippen LogP contribution < -0.4 is 10.1 Å². The molecule has 0 saturated heterocycles. The molecule has 0 amide bonds. The van der Waals surface area contributed by atoms with E-state index >= 15 is 0 Å². The number of hydrogen-bond acceptors (Lipinski definition) is 2. The Hall–Kier alpha value is -1.03. The number of aryl methyl sites for hydroxylation is 2. The van der Waals surface area contributed by atoms with Crippen molar-refractivity contribution in [3.63, 3.8) is 0 Å². The van der Waals surface area contributed by atoms with Gasteiger partial charge in [-0.05, 0) is 56.3 Å². The summed E-state index contributed by atoms with van der Waals surface area (Å²) >= 11 is 9.63. The Morgan fingerprint density at radius 3 is 2.40 bits per heavy atom. The van der Waals surface area contributed by atoms with Gasteiger partial charge in [0.25, 0.3) is 0 Å². The number of hydrogen-bond donors (Lipinski definition) is 1. The lowest BCUT2D eigenvalue weighted by atomic mass is 10.1. The minimum Gasteiger partial charge on any atom is -0.457 e. The Morgan fingerprint density at radius 2 is 1.80 bits per heavy atom. The first-order valence-electron chi connectivity index (χ1n) is 6.39. The van der Waals surface area contributed by atoms with Crippen molar-refractivity contribution in [1.82, 2.24) is 5.32 Å². The molecule has 2 aromatic rings. The van der Waals surface area contributed by atoms with Crippen LogP contribution >= 0.6 is 27.5 Å². The molecule has 2 nitrogen and oxygen atoms in total. The normalized spacial score (nSPS) is 10.7. The molecule has 0 aliphatic carbocycles. The van der Waals surface area contributed by atoms with E-state index in [1.165, 1.54) is 0 Å². The highest BCUT2D eigenvalue weighted by Gasteiger charge is 2.08. The van der Waals surface area contributed by atoms with Gasteiger partial charge in [0.2, 0.25) is 0 Å². The lowest BCUT2D eigenvalue weighted by molar-refractivity contribution is 0.473. The lowest BCUT2D eigenvalue weighted by Crippen LogP contribution is -2.06. The largest absolute Gasteiger partial charge is 0.457 e. The summed E-state index contributed by atoms with van der Waals surface area (Å²) in [7, 11) is 1.91. The molecule has 0 atom stereocenters. The molecule has 0 aromatic heterocycles. The monoisotopic (exact) mass is 353 g/mol. The second kappa shape index (κ2) is 6.61. The Labute approximate surface area is 133 Å². The molecule has 0 fully saturated rings. The first-order chi connectivity index (χ1) is 9.51. The predicted molar refractivity (Wildman–Crippen MR) is 87.9 cm³/mol. The van der Waals surface area contributed by atoms with E-state index in [4.69, 9.17) is 16.3 Å². The van der Waals surface area contributed by atoms with Crippen LogP contribution in [0.25, 0.3) is 0 Å². The highest BCUT2D eigenvalue weighted by molar-refractivity contribution is 9.10. The van der Waals surface area contributed by atoms with Crippen LogP contribution in [0, 0.1) is 13.8 Å². The Balaban J connectivity index is 2.36. The number of ether oxygens (including phenoxy) is 1. The first-order valence-corrected chi connectivity index (χ1v) is 7.56. The van der Waals surface area contributed by atoms with Crippen molar-refractivity contribution in [3.8, 4) is 11.5 Å². The van der Waals surface area contributed by atoms with Crippen LogP contribution in [0.5, 0.6) is 11.5 Å². The quantitative estimate of drug-likeness (QED) is 0.811. The van der Waals surface area contributed by atoms with Gasteiger partial charge in [-0.25, -0.2) is 0 Å². The fourth-order valence-corrected chi connectivity index (χ4v) is 2.44. The molecule has 0 aliphatic rings. The van der Waals surface area contributed by atoms with Gasteiger partial charge in [-0.15, -0.1) is 0 Å². The molecule has 0 bridgehead atoms. The molecular formula is C16H17BrClNO. The zero-order valence-corrected chi connectivity index (χ0v) is 14.1. The van der Waals surface area contributed by atoms with E-state index in [0.717, 1.165) is 39.2 Å². The van der Waals surface area contributed by atoms with Crippen LogP contribution in [-0.4, -0.2) is 7.05 Å². The van der Waals surface area contributed by atoms with Gasteiger partial charge >= 0.3 is 0 Å². The fraction of sp³-hybridized carbons (Fsp3) is 0.250. The van der Waals surface area contributed by atoms with Crippen molar-refractivity contribution in [1.29, 1.82) is 0 Å². The van der Waals surface area contributed by atoms with Gasteiger partial charge in [0.05, 0.1) is 0 Å². The summed E-state index contributed by atoms with van der Waals surface area (Å²) in [6, 6.07) is 9.73. The molecule has 0 heterocycles. The van der Waals surface area contributed by atoms with Crippen molar-refractivity contribution < 1.29 is 4.74 Å². The average molecular weight is 355 g/mol. The third-order valence-corrected chi connectivity index (χ3v) is 4.52.